The van der Waals surface area contributed by atoms with Gasteiger partial charge in [0.1, 0.15) is 0 Å². The summed E-state index contributed by atoms with van der Waals surface area (Å²) in [5.41, 5.74) is 8.72. The summed E-state index contributed by atoms with van der Waals surface area (Å²) >= 11 is 3.61. The van der Waals surface area contributed by atoms with Crippen LogP contribution in [0, 0.1) is 0 Å². The summed E-state index contributed by atoms with van der Waals surface area (Å²) in [5.74, 6) is 0.742. The molecule has 0 saturated heterocycles. The molecule has 0 radical (unpaired) electrons. The van der Waals surface area contributed by atoms with Crippen molar-refractivity contribution in [3.63, 3.8) is 0 Å². The number of benzene rings is 7. The lowest BCUT2D eigenvalue weighted by Gasteiger charge is -2.42. The Morgan fingerprint density at radius 3 is 1.94 bits per heavy atom. The van der Waals surface area contributed by atoms with Gasteiger partial charge in [0.15, 0.2) is 5.82 Å². The van der Waals surface area contributed by atoms with E-state index < -0.39 is 5.41 Å². The minimum atomic E-state index is -0.469. The van der Waals surface area contributed by atoms with Crippen LogP contribution in [0.2, 0.25) is 0 Å². The molecule has 9 aromatic rings. The molecule has 49 heavy (non-hydrogen) atoms. The molecule has 2 nitrogen and oxygen atoms in total. The maximum absolute atomic E-state index is 5.38. The molecular formula is C45H28N2S2. The fourth-order valence-electron chi connectivity index (χ4n) is 7.60. The van der Waals surface area contributed by atoms with Crippen molar-refractivity contribution in [2.45, 2.75) is 15.2 Å². The third-order valence-electron chi connectivity index (χ3n) is 9.81. The van der Waals surface area contributed by atoms with Gasteiger partial charge in [-0.15, -0.1) is 11.3 Å². The van der Waals surface area contributed by atoms with Crippen LogP contribution in [0.3, 0.4) is 0 Å². The molecule has 0 atom stereocenters. The lowest BCUT2D eigenvalue weighted by atomic mass is 9.64. The van der Waals surface area contributed by atoms with Crippen LogP contribution in [0.15, 0.2) is 180 Å². The fourth-order valence-corrected chi connectivity index (χ4v) is 9.99. The van der Waals surface area contributed by atoms with Crippen molar-refractivity contribution in [1.82, 2.24) is 9.97 Å². The monoisotopic (exact) mass is 660 g/mol. The van der Waals surface area contributed by atoms with Crippen LogP contribution in [-0.4, -0.2) is 9.97 Å². The maximum atomic E-state index is 5.38. The highest BCUT2D eigenvalue weighted by molar-refractivity contribution is 7.99. The summed E-state index contributed by atoms with van der Waals surface area (Å²) in [6.45, 7) is 0. The van der Waals surface area contributed by atoms with Gasteiger partial charge in [-0.3, -0.25) is 0 Å². The molecule has 0 aliphatic carbocycles. The quantitative estimate of drug-likeness (QED) is 0.188. The topological polar surface area (TPSA) is 25.8 Å². The van der Waals surface area contributed by atoms with Crippen molar-refractivity contribution in [3.8, 4) is 22.6 Å². The Hall–Kier alpha value is -5.55. The minimum absolute atomic E-state index is 0.469. The average molecular weight is 661 g/mol. The number of fused-ring (bicyclic) bond motifs is 6. The van der Waals surface area contributed by atoms with Crippen LogP contribution in [0.1, 0.15) is 22.3 Å². The largest absolute Gasteiger partial charge is 0.226 e. The molecule has 1 aliphatic rings. The van der Waals surface area contributed by atoms with Crippen molar-refractivity contribution in [2.24, 2.45) is 0 Å². The molecule has 7 aromatic carbocycles. The number of rotatable bonds is 4. The van der Waals surface area contributed by atoms with E-state index in [0.717, 1.165) is 32.9 Å². The van der Waals surface area contributed by atoms with E-state index in [9.17, 15) is 0 Å². The van der Waals surface area contributed by atoms with Gasteiger partial charge in [0, 0.05) is 31.0 Å². The van der Waals surface area contributed by atoms with Gasteiger partial charge in [0.25, 0.3) is 0 Å². The third-order valence-corrected chi connectivity index (χ3v) is 12.1. The van der Waals surface area contributed by atoms with E-state index in [0.29, 0.717) is 0 Å². The Bertz CT molecular complexity index is 2660. The van der Waals surface area contributed by atoms with Crippen molar-refractivity contribution in [2.75, 3.05) is 0 Å². The predicted octanol–water partition coefficient (Wildman–Crippen LogP) is 12.2. The van der Waals surface area contributed by atoms with E-state index in [1.165, 1.54) is 52.9 Å². The highest BCUT2D eigenvalue weighted by Gasteiger charge is 2.44. The summed E-state index contributed by atoms with van der Waals surface area (Å²) in [6, 6.07) is 61.4. The van der Waals surface area contributed by atoms with Crippen molar-refractivity contribution >= 4 is 54.2 Å². The second-order valence-corrected chi connectivity index (χ2v) is 14.7. The number of thiophene rings is 1. The fraction of sp³-hybridized carbons (Fsp3) is 0.0222. The second kappa shape index (κ2) is 11.3. The molecule has 0 amide bonds. The summed E-state index contributed by atoms with van der Waals surface area (Å²) in [4.78, 5) is 13.2. The molecule has 10 rings (SSSR count). The van der Waals surface area contributed by atoms with Gasteiger partial charge in [0.2, 0.25) is 0 Å². The van der Waals surface area contributed by atoms with Crippen LogP contribution < -0.4 is 0 Å². The van der Waals surface area contributed by atoms with Crippen molar-refractivity contribution in [3.05, 3.63) is 192 Å². The van der Waals surface area contributed by atoms with Crippen molar-refractivity contribution < 1.29 is 0 Å². The smallest absolute Gasteiger partial charge is 0.160 e. The second-order valence-electron chi connectivity index (χ2n) is 12.5. The van der Waals surface area contributed by atoms with E-state index in [1.54, 1.807) is 11.3 Å². The first-order valence-corrected chi connectivity index (χ1v) is 18.1. The standard InChI is InChI=1S/C45H28N2S2/c1-3-15-33(16-4-1)45(34-17-5-2-6-18-34)36-20-10-12-22-39(36)48-40-28-32(25-26-37(40)45)44-46-41(31-24-23-29-13-7-8-14-30(29)27-31)43-42(47-44)35-19-9-11-21-38(35)49-43/h1-28H. The van der Waals surface area contributed by atoms with Gasteiger partial charge in [-0.25, -0.2) is 9.97 Å². The Morgan fingerprint density at radius 1 is 0.469 bits per heavy atom. The van der Waals surface area contributed by atoms with E-state index in [4.69, 9.17) is 9.97 Å². The van der Waals surface area contributed by atoms with E-state index in [-0.39, 0.29) is 0 Å². The predicted molar refractivity (Wildman–Crippen MR) is 206 cm³/mol. The van der Waals surface area contributed by atoms with Gasteiger partial charge < -0.3 is 0 Å². The SMILES string of the molecule is c1ccc(C2(c3ccccc3)c3ccccc3Sc3cc(-c4nc(-c5ccc6ccccc6c5)c5sc6ccccc6c5n4)ccc32)cc1. The molecule has 0 unspecified atom stereocenters. The van der Waals surface area contributed by atoms with Gasteiger partial charge in [-0.2, -0.15) is 0 Å². The molecule has 0 spiro atoms. The van der Waals surface area contributed by atoms with E-state index in [2.05, 4.69) is 170 Å². The molecule has 1 aliphatic heterocycles. The summed E-state index contributed by atoms with van der Waals surface area (Å²) in [7, 11) is 0. The number of hydrogen-bond donors (Lipinski definition) is 0. The number of aromatic nitrogens is 2. The van der Waals surface area contributed by atoms with Crippen LogP contribution in [0.4, 0.5) is 0 Å². The van der Waals surface area contributed by atoms with Crippen LogP contribution in [0.25, 0.3) is 53.7 Å². The molecule has 230 valence electrons. The highest BCUT2D eigenvalue weighted by atomic mass is 32.2. The summed E-state index contributed by atoms with van der Waals surface area (Å²) in [5, 5.41) is 3.60. The molecule has 0 saturated carbocycles. The normalized spacial score (nSPS) is 13.4. The Balaban J connectivity index is 1.23. The van der Waals surface area contributed by atoms with E-state index in [1.807, 2.05) is 11.8 Å². The first-order valence-electron chi connectivity index (χ1n) is 16.5. The van der Waals surface area contributed by atoms with E-state index >= 15 is 0 Å². The molecule has 0 bridgehead atoms. The molecule has 2 aromatic heterocycles. The molecule has 0 N–H and O–H groups in total. The molecule has 4 heteroatoms. The maximum Gasteiger partial charge on any atom is 0.160 e. The number of hydrogen-bond acceptors (Lipinski definition) is 4. The average Bonchev–Trinajstić information content (AvgIpc) is 3.55. The zero-order chi connectivity index (χ0) is 32.4. The van der Waals surface area contributed by atoms with Gasteiger partial charge >= 0.3 is 0 Å². The van der Waals surface area contributed by atoms with Gasteiger partial charge in [0.05, 0.1) is 21.3 Å². The van der Waals surface area contributed by atoms with Crippen LogP contribution >= 0.6 is 23.1 Å². The Labute approximate surface area is 292 Å². The minimum Gasteiger partial charge on any atom is -0.226 e. The Morgan fingerprint density at radius 2 is 1.12 bits per heavy atom. The molecular weight excluding hydrogens is 633 g/mol. The molecule has 0 fully saturated rings. The summed E-state index contributed by atoms with van der Waals surface area (Å²) in [6.07, 6.45) is 0. The number of nitrogens with zero attached hydrogens (tertiary/aromatic N) is 2. The Kier molecular flexibility index (Phi) is 6.55. The summed E-state index contributed by atoms with van der Waals surface area (Å²) < 4.78 is 2.34. The van der Waals surface area contributed by atoms with Crippen LogP contribution in [0.5, 0.6) is 0 Å². The van der Waals surface area contributed by atoms with Crippen molar-refractivity contribution in [1.29, 1.82) is 0 Å². The zero-order valence-electron chi connectivity index (χ0n) is 26.4. The first kappa shape index (κ1) is 28.5. The highest BCUT2D eigenvalue weighted by Crippen LogP contribution is 2.56. The zero-order valence-corrected chi connectivity index (χ0v) is 28.0. The molecule has 3 heterocycles. The van der Waals surface area contributed by atoms with Crippen LogP contribution in [-0.2, 0) is 5.41 Å². The lowest BCUT2D eigenvalue weighted by molar-refractivity contribution is 0.703. The van der Waals surface area contributed by atoms with Gasteiger partial charge in [-0.1, -0.05) is 157 Å². The first-order chi connectivity index (χ1) is 24.3. The lowest BCUT2D eigenvalue weighted by Crippen LogP contribution is -2.34. The van der Waals surface area contributed by atoms with Gasteiger partial charge in [-0.05, 0) is 57.3 Å². The third kappa shape index (κ3) is 4.41.